The van der Waals surface area contributed by atoms with E-state index in [1.165, 1.54) is 4.90 Å². The predicted molar refractivity (Wildman–Crippen MR) is 110 cm³/mol. The van der Waals surface area contributed by atoms with Gasteiger partial charge in [0, 0.05) is 30.3 Å². The second-order valence-corrected chi connectivity index (χ2v) is 7.61. The highest BCUT2D eigenvalue weighted by Crippen LogP contribution is 2.29. The van der Waals surface area contributed by atoms with Crippen molar-refractivity contribution >= 4 is 17.5 Å². The Hall–Kier alpha value is -2.24. The lowest BCUT2D eigenvalue weighted by Crippen LogP contribution is -3.11. The number of aromatic hydroxyl groups is 1. The van der Waals surface area contributed by atoms with Crippen molar-refractivity contribution in [3.8, 4) is 11.5 Å². The van der Waals surface area contributed by atoms with E-state index in [0.29, 0.717) is 23.9 Å². The second kappa shape index (κ2) is 9.80. The summed E-state index contributed by atoms with van der Waals surface area (Å²) in [6, 6.07) is 13.2. The van der Waals surface area contributed by atoms with Gasteiger partial charge in [-0.2, -0.15) is 0 Å². The molecule has 2 aromatic carbocycles. The van der Waals surface area contributed by atoms with Crippen LogP contribution in [0.3, 0.4) is 0 Å². The number of hydrogen-bond donors (Lipinski definition) is 3. The Labute approximate surface area is 171 Å². The molecule has 1 amide bonds. The number of phenolic OH excluding ortho intramolecular Hbond substituents is 1. The first-order valence-corrected chi connectivity index (χ1v) is 10.2. The van der Waals surface area contributed by atoms with Crippen LogP contribution >= 0.6 is 11.6 Å². The maximum Gasteiger partial charge on any atom is 0.223 e. The fraction of sp³-hybridized carbons (Fsp3) is 0.409. The molecule has 0 aromatic heterocycles. The molecule has 1 aliphatic heterocycles. The standard InChI is InChI=1S/C22H27ClN2O3/c1-2-28-20-9-5-7-18(21(20)26)15-25-12-10-16(11-13-25)22(27)24-14-17-6-3-4-8-19(17)23/h3-9,16,26H,2,10-15H2,1H3,(H,24,27)/p+1. The number of hydrogen-bond acceptors (Lipinski definition) is 3. The number of para-hydroxylation sites is 1. The first-order valence-electron chi connectivity index (χ1n) is 9.86. The number of carbonyl (C=O) groups excluding carboxylic acids is 1. The Morgan fingerprint density at radius 1 is 1.18 bits per heavy atom. The fourth-order valence-electron chi connectivity index (χ4n) is 3.69. The SMILES string of the molecule is CCOc1cccc(C[NH+]2CCC(C(=O)NCc3ccccc3Cl)CC2)c1O. The van der Waals surface area contributed by atoms with Gasteiger partial charge in [-0.05, 0) is 30.7 Å². The Bertz CT molecular complexity index is 804. The summed E-state index contributed by atoms with van der Waals surface area (Å²) in [4.78, 5) is 13.9. The summed E-state index contributed by atoms with van der Waals surface area (Å²) in [6.45, 7) is 5.44. The van der Waals surface area contributed by atoms with E-state index < -0.39 is 0 Å². The molecule has 150 valence electrons. The molecule has 0 bridgehead atoms. The molecule has 1 fully saturated rings. The number of benzene rings is 2. The van der Waals surface area contributed by atoms with Crippen molar-refractivity contribution in [3.05, 3.63) is 58.6 Å². The van der Waals surface area contributed by atoms with Crippen molar-refractivity contribution in [2.75, 3.05) is 19.7 Å². The van der Waals surface area contributed by atoms with E-state index in [1.54, 1.807) is 6.07 Å². The van der Waals surface area contributed by atoms with Crippen LogP contribution in [0.4, 0.5) is 0 Å². The lowest BCUT2D eigenvalue weighted by molar-refractivity contribution is -0.919. The third-order valence-corrected chi connectivity index (χ3v) is 5.67. The molecule has 0 atom stereocenters. The van der Waals surface area contributed by atoms with Gasteiger partial charge in [-0.15, -0.1) is 0 Å². The Kier molecular flexibility index (Phi) is 7.18. The number of carbonyl (C=O) groups is 1. The van der Waals surface area contributed by atoms with E-state index in [1.807, 2.05) is 43.3 Å². The van der Waals surface area contributed by atoms with E-state index >= 15 is 0 Å². The number of nitrogens with one attached hydrogen (secondary N) is 2. The Morgan fingerprint density at radius 3 is 2.61 bits per heavy atom. The van der Waals surface area contributed by atoms with Gasteiger partial charge in [-0.1, -0.05) is 35.9 Å². The Balaban J connectivity index is 1.48. The summed E-state index contributed by atoms with van der Waals surface area (Å²) in [7, 11) is 0. The van der Waals surface area contributed by atoms with E-state index in [-0.39, 0.29) is 17.6 Å². The molecule has 6 heteroatoms. The zero-order valence-electron chi connectivity index (χ0n) is 16.2. The van der Waals surface area contributed by atoms with Gasteiger partial charge in [0.15, 0.2) is 11.5 Å². The lowest BCUT2D eigenvalue weighted by atomic mass is 9.95. The van der Waals surface area contributed by atoms with Gasteiger partial charge < -0.3 is 20.1 Å². The zero-order valence-corrected chi connectivity index (χ0v) is 17.0. The van der Waals surface area contributed by atoms with Gasteiger partial charge in [0.1, 0.15) is 6.54 Å². The molecular formula is C22H28ClN2O3+. The summed E-state index contributed by atoms with van der Waals surface area (Å²) in [5.41, 5.74) is 1.83. The maximum absolute atomic E-state index is 12.5. The largest absolute Gasteiger partial charge is 0.504 e. The minimum absolute atomic E-state index is 0.0367. The van der Waals surface area contributed by atoms with Crippen molar-refractivity contribution < 1.29 is 19.5 Å². The van der Waals surface area contributed by atoms with Crippen molar-refractivity contribution in [3.63, 3.8) is 0 Å². The molecule has 0 radical (unpaired) electrons. The van der Waals surface area contributed by atoms with Crippen molar-refractivity contribution in [2.24, 2.45) is 5.92 Å². The number of phenols is 1. The van der Waals surface area contributed by atoms with Crippen LogP contribution in [-0.2, 0) is 17.9 Å². The highest BCUT2D eigenvalue weighted by Gasteiger charge is 2.28. The van der Waals surface area contributed by atoms with E-state index in [4.69, 9.17) is 16.3 Å². The van der Waals surface area contributed by atoms with Gasteiger partial charge in [0.25, 0.3) is 0 Å². The minimum Gasteiger partial charge on any atom is -0.504 e. The summed E-state index contributed by atoms with van der Waals surface area (Å²) >= 11 is 6.15. The smallest absolute Gasteiger partial charge is 0.223 e. The van der Waals surface area contributed by atoms with Gasteiger partial charge >= 0.3 is 0 Å². The van der Waals surface area contributed by atoms with Crippen LogP contribution in [0.1, 0.15) is 30.9 Å². The summed E-state index contributed by atoms with van der Waals surface area (Å²) in [5.74, 6) is 0.902. The number of piperidine rings is 1. The molecule has 1 heterocycles. The van der Waals surface area contributed by atoms with Crippen LogP contribution in [0.25, 0.3) is 0 Å². The summed E-state index contributed by atoms with van der Waals surface area (Å²) < 4.78 is 5.47. The third kappa shape index (κ3) is 5.18. The van der Waals surface area contributed by atoms with Crippen LogP contribution in [0.15, 0.2) is 42.5 Å². The minimum atomic E-state index is 0.0367. The molecule has 2 aromatic rings. The number of likely N-dealkylation sites (tertiary alicyclic amines) is 1. The topological polar surface area (TPSA) is 63.0 Å². The number of quaternary nitrogens is 1. The normalized spacial score (nSPS) is 19.2. The second-order valence-electron chi connectivity index (χ2n) is 7.21. The highest BCUT2D eigenvalue weighted by atomic mass is 35.5. The van der Waals surface area contributed by atoms with Gasteiger partial charge in [0.05, 0.1) is 25.3 Å². The van der Waals surface area contributed by atoms with E-state index in [0.717, 1.165) is 43.6 Å². The fourth-order valence-corrected chi connectivity index (χ4v) is 3.89. The number of ether oxygens (including phenoxy) is 1. The van der Waals surface area contributed by atoms with Crippen LogP contribution in [0.2, 0.25) is 5.02 Å². The molecule has 0 saturated carbocycles. The average Bonchev–Trinajstić information content (AvgIpc) is 2.71. The summed E-state index contributed by atoms with van der Waals surface area (Å²) in [5, 5.41) is 14.1. The van der Waals surface area contributed by atoms with Crippen LogP contribution in [0.5, 0.6) is 11.5 Å². The molecule has 0 aliphatic carbocycles. The summed E-state index contributed by atoms with van der Waals surface area (Å²) in [6.07, 6.45) is 1.69. The quantitative estimate of drug-likeness (QED) is 0.665. The first kappa shape index (κ1) is 20.5. The third-order valence-electron chi connectivity index (χ3n) is 5.30. The lowest BCUT2D eigenvalue weighted by Gasteiger charge is -2.29. The maximum atomic E-state index is 12.5. The molecule has 3 N–H and O–H groups in total. The predicted octanol–water partition coefficient (Wildman–Crippen LogP) is 2.56. The van der Waals surface area contributed by atoms with Crippen molar-refractivity contribution in [1.29, 1.82) is 0 Å². The molecule has 1 saturated heterocycles. The number of halogens is 1. The number of amides is 1. The molecule has 0 spiro atoms. The monoisotopic (exact) mass is 403 g/mol. The molecular weight excluding hydrogens is 376 g/mol. The zero-order chi connectivity index (χ0) is 19.9. The van der Waals surface area contributed by atoms with Gasteiger partial charge in [-0.3, -0.25) is 4.79 Å². The molecule has 28 heavy (non-hydrogen) atoms. The van der Waals surface area contributed by atoms with Gasteiger partial charge in [-0.25, -0.2) is 0 Å². The average molecular weight is 404 g/mol. The van der Waals surface area contributed by atoms with Crippen LogP contribution < -0.4 is 15.0 Å². The molecule has 0 unspecified atom stereocenters. The highest BCUT2D eigenvalue weighted by molar-refractivity contribution is 6.31. The first-order chi connectivity index (χ1) is 13.6. The Morgan fingerprint density at radius 2 is 1.89 bits per heavy atom. The van der Waals surface area contributed by atoms with E-state index in [2.05, 4.69) is 5.32 Å². The van der Waals surface area contributed by atoms with Crippen LogP contribution in [0, 0.1) is 5.92 Å². The van der Waals surface area contributed by atoms with Crippen molar-refractivity contribution in [2.45, 2.75) is 32.9 Å². The number of rotatable bonds is 7. The molecule has 5 nitrogen and oxygen atoms in total. The molecule has 1 aliphatic rings. The van der Waals surface area contributed by atoms with Crippen LogP contribution in [-0.4, -0.2) is 30.7 Å². The van der Waals surface area contributed by atoms with E-state index in [9.17, 15) is 9.90 Å². The molecule has 3 rings (SSSR count). The van der Waals surface area contributed by atoms with Crippen molar-refractivity contribution in [1.82, 2.24) is 5.32 Å². The van der Waals surface area contributed by atoms with Gasteiger partial charge in [0.2, 0.25) is 5.91 Å².